The zero-order valence-electron chi connectivity index (χ0n) is 20.7. The van der Waals surface area contributed by atoms with Crippen LogP contribution in [0.5, 0.6) is 11.5 Å². The summed E-state index contributed by atoms with van der Waals surface area (Å²) in [7, 11) is -3.10. The molecule has 0 spiro atoms. The summed E-state index contributed by atoms with van der Waals surface area (Å²) >= 11 is 0. The molecular formula is C23H34NO11P. The fraction of sp³-hybridized carbons (Fsp3) is 0.565. The molecule has 36 heavy (non-hydrogen) atoms. The van der Waals surface area contributed by atoms with Crippen LogP contribution in [-0.4, -0.2) is 83.2 Å². The van der Waals surface area contributed by atoms with E-state index in [9.17, 15) is 14.7 Å². The highest BCUT2D eigenvalue weighted by Gasteiger charge is 2.31. The fourth-order valence-electron chi connectivity index (χ4n) is 3.89. The van der Waals surface area contributed by atoms with Gasteiger partial charge in [0.15, 0.2) is 0 Å². The van der Waals surface area contributed by atoms with E-state index in [1.165, 1.54) is 0 Å². The number of aromatic hydroxyl groups is 1. The molecule has 0 unspecified atom stereocenters. The van der Waals surface area contributed by atoms with E-state index < -0.39 is 13.8 Å². The lowest BCUT2D eigenvalue weighted by Crippen LogP contribution is -2.38. The van der Waals surface area contributed by atoms with Crippen LogP contribution >= 0.6 is 7.82 Å². The van der Waals surface area contributed by atoms with Gasteiger partial charge in [-0.2, -0.15) is 0 Å². The van der Waals surface area contributed by atoms with Crippen LogP contribution < -0.4 is 4.74 Å². The van der Waals surface area contributed by atoms with E-state index in [-0.39, 0.29) is 23.9 Å². The number of phenolic OH excluding ortho intramolecular Hbond substituents is 1. The van der Waals surface area contributed by atoms with E-state index in [1.807, 2.05) is 19.9 Å². The molecule has 1 aromatic rings. The third-order valence-corrected chi connectivity index (χ3v) is 5.80. The number of phosphoric acid groups is 1. The second-order valence-electron chi connectivity index (χ2n) is 8.36. The van der Waals surface area contributed by atoms with Gasteiger partial charge in [-0.25, -0.2) is 9.36 Å². The number of rotatable bonds is 9. The molecule has 0 atom stereocenters. The quantitative estimate of drug-likeness (QED) is 0.206. The van der Waals surface area contributed by atoms with Crippen molar-refractivity contribution in [3.63, 3.8) is 0 Å². The van der Waals surface area contributed by atoms with Crippen LogP contribution in [0.2, 0.25) is 0 Å². The van der Waals surface area contributed by atoms with Crippen molar-refractivity contribution in [3.8, 4) is 11.5 Å². The van der Waals surface area contributed by atoms with E-state index in [0.29, 0.717) is 42.7 Å². The summed E-state index contributed by atoms with van der Waals surface area (Å²) in [5, 5.41) is 10.7. The first-order valence-electron chi connectivity index (χ1n) is 11.4. The minimum atomic E-state index is -4.64. The summed E-state index contributed by atoms with van der Waals surface area (Å²) in [4.78, 5) is 47.8. The van der Waals surface area contributed by atoms with E-state index >= 15 is 0 Å². The summed E-state index contributed by atoms with van der Waals surface area (Å²) in [6, 6.07) is 0. The second kappa shape index (κ2) is 13.7. The lowest BCUT2D eigenvalue weighted by Gasteiger charge is -2.26. The van der Waals surface area contributed by atoms with Crippen LogP contribution in [0, 0.1) is 6.92 Å². The lowest BCUT2D eigenvalue weighted by molar-refractivity contribution is -0.144. The Morgan fingerprint density at radius 3 is 2.44 bits per heavy atom. The normalized spacial score (nSPS) is 16.1. The van der Waals surface area contributed by atoms with E-state index in [1.54, 1.807) is 7.11 Å². The number of cyclic esters (lactones) is 1. The molecule has 0 saturated carbocycles. The average molecular weight is 531 g/mol. The van der Waals surface area contributed by atoms with Gasteiger partial charge in [-0.15, -0.1) is 0 Å². The Hall–Kier alpha value is -2.47. The molecule has 1 aromatic carbocycles. The Labute approximate surface area is 209 Å². The van der Waals surface area contributed by atoms with E-state index in [2.05, 4.69) is 4.90 Å². The molecule has 1 saturated heterocycles. The topological polar surface area (TPSA) is 172 Å². The number of allylic oxidation sites excluding steroid dienone is 2. The van der Waals surface area contributed by atoms with Gasteiger partial charge in [0.1, 0.15) is 30.3 Å². The van der Waals surface area contributed by atoms with Crippen molar-refractivity contribution in [1.29, 1.82) is 0 Å². The number of nitrogens with zero attached hydrogens (tertiary/aromatic N) is 1. The van der Waals surface area contributed by atoms with Gasteiger partial charge in [0.25, 0.3) is 0 Å². The van der Waals surface area contributed by atoms with E-state index in [0.717, 1.165) is 44.0 Å². The van der Waals surface area contributed by atoms with Gasteiger partial charge in [0, 0.05) is 37.2 Å². The zero-order chi connectivity index (χ0) is 26.9. The molecule has 202 valence electrons. The van der Waals surface area contributed by atoms with Crippen LogP contribution in [0.25, 0.3) is 0 Å². The summed E-state index contributed by atoms with van der Waals surface area (Å²) in [6.45, 7) is 8.23. The maximum absolute atomic E-state index is 12.0. The van der Waals surface area contributed by atoms with Gasteiger partial charge in [0.2, 0.25) is 0 Å². The highest BCUT2D eigenvalue weighted by atomic mass is 31.2. The predicted molar refractivity (Wildman–Crippen MR) is 128 cm³/mol. The summed E-state index contributed by atoms with van der Waals surface area (Å²) in [5.41, 5.74) is 3.23. The van der Waals surface area contributed by atoms with Crippen LogP contribution in [0.4, 0.5) is 0 Å². The van der Waals surface area contributed by atoms with Crippen molar-refractivity contribution in [2.75, 3.05) is 46.6 Å². The zero-order valence-corrected chi connectivity index (χ0v) is 21.6. The molecule has 12 nitrogen and oxygen atoms in total. The summed E-state index contributed by atoms with van der Waals surface area (Å²) in [5.74, 6) is -0.273. The molecule has 0 bridgehead atoms. The Morgan fingerprint density at radius 2 is 1.83 bits per heavy atom. The molecule has 0 aromatic heterocycles. The lowest BCUT2D eigenvalue weighted by atomic mass is 9.94. The maximum atomic E-state index is 12.0. The Balaban J connectivity index is 0.000000830. The smallest absolute Gasteiger partial charge is 0.466 e. The number of fused-ring (bicyclic) bond motifs is 1. The van der Waals surface area contributed by atoms with Crippen LogP contribution in [0.3, 0.4) is 0 Å². The first-order chi connectivity index (χ1) is 16.9. The number of hydrogen-bond donors (Lipinski definition) is 4. The number of methoxy groups -OCH3 is 1. The number of benzene rings is 1. The SMILES string of the molecule is COc1c(C)c2c(c(O)c1CC=C(C)CCC(=O)OCCN1CCOCC1)C(=O)OC2.O=P(O)(O)O. The molecule has 1 fully saturated rings. The molecule has 2 heterocycles. The molecule has 13 heteroatoms. The highest BCUT2D eigenvalue weighted by molar-refractivity contribution is 7.45. The molecule has 0 aliphatic carbocycles. The monoisotopic (exact) mass is 531 g/mol. The van der Waals surface area contributed by atoms with Crippen molar-refractivity contribution in [3.05, 3.63) is 33.9 Å². The van der Waals surface area contributed by atoms with Gasteiger partial charge < -0.3 is 38.7 Å². The number of phenols is 1. The Kier molecular flexibility index (Phi) is 11.4. The number of ether oxygens (including phenoxy) is 4. The summed E-state index contributed by atoms with van der Waals surface area (Å²) < 4.78 is 30.1. The highest BCUT2D eigenvalue weighted by Crippen LogP contribution is 2.42. The number of esters is 2. The fourth-order valence-corrected chi connectivity index (χ4v) is 3.89. The molecule has 0 radical (unpaired) electrons. The largest absolute Gasteiger partial charge is 0.507 e. The Morgan fingerprint density at radius 1 is 1.19 bits per heavy atom. The van der Waals surface area contributed by atoms with Crippen molar-refractivity contribution < 1.29 is 52.9 Å². The van der Waals surface area contributed by atoms with Crippen LogP contribution in [0.15, 0.2) is 11.6 Å². The molecule has 3 rings (SSSR count). The number of carbonyl (C=O) groups is 2. The van der Waals surface area contributed by atoms with Gasteiger partial charge in [-0.1, -0.05) is 11.6 Å². The molecule has 0 amide bonds. The first-order valence-corrected chi connectivity index (χ1v) is 13.0. The minimum Gasteiger partial charge on any atom is -0.507 e. The second-order valence-corrected chi connectivity index (χ2v) is 9.38. The number of morpholine rings is 1. The van der Waals surface area contributed by atoms with Crippen molar-refractivity contribution >= 4 is 19.8 Å². The standard InChI is InChI=1S/C23H31NO7.H3O4P/c1-15(5-7-19(25)30-13-10-24-8-11-29-12-9-24)4-6-17-21(26)20-18(14-31-23(20)27)16(2)22(17)28-3;1-5(2,3)4/h4,26H,5-14H2,1-3H3;(H3,1,2,3,4). The first kappa shape index (κ1) is 29.8. The van der Waals surface area contributed by atoms with Gasteiger partial charge >= 0.3 is 19.8 Å². The van der Waals surface area contributed by atoms with Crippen LogP contribution in [0.1, 0.15) is 46.8 Å². The van der Waals surface area contributed by atoms with Gasteiger partial charge in [0.05, 0.1) is 20.3 Å². The van der Waals surface area contributed by atoms with Crippen molar-refractivity contribution in [1.82, 2.24) is 4.90 Å². The van der Waals surface area contributed by atoms with E-state index in [4.69, 9.17) is 38.2 Å². The third-order valence-electron chi connectivity index (χ3n) is 5.80. The van der Waals surface area contributed by atoms with Gasteiger partial charge in [-0.05, 0) is 32.3 Å². The number of carbonyl (C=O) groups excluding carboxylic acids is 2. The predicted octanol–water partition coefficient (Wildman–Crippen LogP) is 1.60. The molecular weight excluding hydrogens is 497 g/mol. The maximum Gasteiger partial charge on any atom is 0.466 e. The summed E-state index contributed by atoms with van der Waals surface area (Å²) in [6.07, 6.45) is 3.18. The average Bonchev–Trinajstić information content (AvgIpc) is 3.20. The number of hydrogen-bond acceptors (Lipinski definition) is 9. The van der Waals surface area contributed by atoms with Crippen molar-refractivity contribution in [2.24, 2.45) is 0 Å². The Bertz CT molecular complexity index is 1000. The van der Waals surface area contributed by atoms with Crippen LogP contribution in [-0.2, 0) is 36.6 Å². The third kappa shape index (κ3) is 9.20. The minimum absolute atomic E-state index is 0.0912. The van der Waals surface area contributed by atoms with Gasteiger partial charge in [-0.3, -0.25) is 9.69 Å². The molecule has 2 aliphatic rings. The van der Waals surface area contributed by atoms with Crippen molar-refractivity contribution in [2.45, 2.75) is 39.7 Å². The molecule has 2 aliphatic heterocycles. The molecule has 4 N–H and O–H groups in total.